The summed E-state index contributed by atoms with van der Waals surface area (Å²) in [6.45, 7) is 19.1. The summed E-state index contributed by atoms with van der Waals surface area (Å²) in [6, 6.07) is 0. The molecule has 0 aromatic carbocycles. The molecule has 0 atom stereocenters. The summed E-state index contributed by atoms with van der Waals surface area (Å²) in [7, 11) is 0. The zero-order valence-corrected chi connectivity index (χ0v) is 34.7. The average Bonchev–Trinajstić information content (AvgIpc) is 3.04. The number of rotatable bonds is 32. The summed E-state index contributed by atoms with van der Waals surface area (Å²) in [5, 5.41) is 11.5. The van der Waals surface area contributed by atoms with Crippen LogP contribution in [0.4, 0.5) is 0 Å². The molecule has 0 saturated heterocycles. The Labute approximate surface area is 308 Å². The molecule has 3 heteroatoms. The minimum atomic E-state index is -0.891. The highest BCUT2D eigenvalue weighted by molar-refractivity contribution is 5.40. The summed E-state index contributed by atoms with van der Waals surface area (Å²) in [6.07, 6.45) is 41.6. The van der Waals surface area contributed by atoms with Gasteiger partial charge in [-0.3, -0.25) is 0 Å². The van der Waals surface area contributed by atoms with E-state index in [1.54, 1.807) is 0 Å². The molecule has 0 fully saturated rings. The number of hydrogen-bond acceptors (Lipinski definition) is 3. The molecule has 0 radical (unpaired) electrons. The van der Waals surface area contributed by atoms with Gasteiger partial charge in [0.05, 0.1) is 19.3 Å². The minimum Gasteiger partial charge on any atom is -0.384 e. The Balaban J connectivity index is 2.49. The van der Waals surface area contributed by atoms with Crippen LogP contribution in [-0.2, 0) is 9.47 Å². The van der Waals surface area contributed by atoms with Crippen LogP contribution >= 0.6 is 0 Å². The van der Waals surface area contributed by atoms with Gasteiger partial charge in [0.2, 0.25) is 5.79 Å². The maximum atomic E-state index is 11.5. The van der Waals surface area contributed by atoms with Gasteiger partial charge in [0.15, 0.2) is 0 Å². The highest BCUT2D eigenvalue weighted by Gasteiger charge is 2.42. The van der Waals surface area contributed by atoms with Gasteiger partial charge in [-0.25, -0.2) is 0 Å². The van der Waals surface area contributed by atoms with Gasteiger partial charge >= 0.3 is 0 Å². The Morgan fingerprint density at radius 1 is 0.429 bits per heavy atom. The van der Waals surface area contributed by atoms with E-state index in [-0.39, 0.29) is 10.8 Å². The first-order chi connectivity index (χ1) is 23.5. The zero-order chi connectivity index (χ0) is 36.3. The van der Waals surface area contributed by atoms with Gasteiger partial charge in [0.25, 0.3) is 0 Å². The molecular weight excluding hydrogens is 601 g/mol. The second kappa shape index (κ2) is 27.9. The van der Waals surface area contributed by atoms with Crippen molar-refractivity contribution in [2.24, 2.45) is 10.8 Å². The lowest BCUT2D eigenvalue weighted by Crippen LogP contribution is -2.43. The topological polar surface area (TPSA) is 38.7 Å². The van der Waals surface area contributed by atoms with Crippen molar-refractivity contribution >= 4 is 0 Å². The van der Waals surface area contributed by atoms with Crippen LogP contribution in [-0.4, -0.2) is 30.2 Å². The predicted molar refractivity (Wildman–Crippen MR) is 216 cm³/mol. The van der Waals surface area contributed by atoms with Gasteiger partial charge in [-0.1, -0.05) is 222 Å². The Bertz CT molecular complexity index is 758. The second-order valence-corrected chi connectivity index (χ2v) is 17.7. The van der Waals surface area contributed by atoms with Crippen molar-refractivity contribution in [1.29, 1.82) is 0 Å². The second-order valence-electron chi connectivity index (χ2n) is 17.7. The van der Waals surface area contributed by atoms with Crippen LogP contribution in [0.25, 0.3) is 0 Å². The summed E-state index contributed by atoms with van der Waals surface area (Å²) < 4.78 is 13.4. The maximum absolute atomic E-state index is 11.5. The van der Waals surface area contributed by atoms with Crippen LogP contribution in [0.5, 0.6) is 0 Å². The van der Waals surface area contributed by atoms with Crippen molar-refractivity contribution in [2.75, 3.05) is 13.2 Å². The molecule has 0 heterocycles. The summed E-state index contributed by atoms with van der Waals surface area (Å²) >= 11 is 0. The molecule has 1 aliphatic carbocycles. The van der Waals surface area contributed by atoms with Crippen LogP contribution in [0.1, 0.15) is 235 Å². The molecule has 0 saturated carbocycles. The van der Waals surface area contributed by atoms with Crippen molar-refractivity contribution in [3.63, 3.8) is 0 Å². The van der Waals surface area contributed by atoms with E-state index in [2.05, 4.69) is 67.5 Å². The van der Waals surface area contributed by atoms with Gasteiger partial charge in [0, 0.05) is 0 Å². The molecule has 0 amide bonds. The Hall–Kier alpha value is -0.640. The number of aliphatic hydroxyl groups excluding tert-OH is 1. The van der Waals surface area contributed by atoms with E-state index >= 15 is 0 Å². The van der Waals surface area contributed by atoms with Crippen LogP contribution < -0.4 is 0 Å². The van der Waals surface area contributed by atoms with Gasteiger partial charge in [-0.05, 0) is 47.0 Å². The lowest BCUT2D eigenvalue weighted by Gasteiger charge is -2.42. The molecule has 49 heavy (non-hydrogen) atoms. The summed E-state index contributed by atoms with van der Waals surface area (Å²) in [4.78, 5) is 0. The van der Waals surface area contributed by atoms with E-state index < -0.39 is 11.9 Å². The number of aliphatic hydroxyl groups is 1. The number of hydrogen-bond donors (Lipinski definition) is 1. The summed E-state index contributed by atoms with van der Waals surface area (Å²) in [5.41, 5.74) is 1.68. The smallest absolute Gasteiger partial charge is 0.208 e. The first-order valence-corrected chi connectivity index (χ1v) is 21.9. The van der Waals surface area contributed by atoms with Crippen LogP contribution in [0.2, 0.25) is 0 Å². The highest BCUT2D eigenvalue weighted by Crippen LogP contribution is 2.44. The normalized spacial score (nSPS) is 15.5. The van der Waals surface area contributed by atoms with Crippen molar-refractivity contribution in [3.05, 3.63) is 23.3 Å². The van der Waals surface area contributed by atoms with E-state index in [4.69, 9.17) is 9.47 Å². The third kappa shape index (κ3) is 22.8. The molecule has 3 nitrogen and oxygen atoms in total. The Kier molecular flexibility index (Phi) is 26.4. The molecule has 0 bridgehead atoms. The fourth-order valence-corrected chi connectivity index (χ4v) is 7.32. The Morgan fingerprint density at radius 3 is 0.878 bits per heavy atom. The molecular formula is C46H88O3. The van der Waals surface area contributed by atoms with E-state index in [1.807, 2.05) is 0 Å². The molecule has 0 aromatic rings. The number of ether oxygens (including phenoxy) is 2. The average molecular weight is 689 g/mol. The van der Waals surface area contributed by atoms with Gasteiger partial charge in [-0.15, -0.1) is 0 Å². The molecule has 0 aromatic heterocycles. The lowest BCUT2D eigenvalue weighted by atomic mass is 9.70. The molecule has 1 aliphatic rings. The summed E-state index contributed by atoms with van der Waals surface area (Å²) in [5.74, 6) is -0.891. The van der Waals surface area contributed by atoms with E-state index in [1.165, 1.54) is 167 Å². The first-order valence-electron chi connectivity index (χ1n) is 21.9. The quantitative estimate of drug-likeness (QED) is 0.0434. The Morgan fingerprint density at radius 2 is 0.653 bits per heavy atom. The van der Waals surface area contributed by atoms with Crippen molar-refractivity contribution in [1.82, 2.24) is 0 Å². The predicted octanol–water partition coefficient (Wildman–Crippen LogP) is 15.0. The molecule has 0 unspecified atom stereocenters. The monoisotopic (exact) mass is 689 g/mol. The van der Waals surface area contributed by atoms with Crippen molar-refractivity contribution < 1.29 is 14.6 Å². The molecule has 0 spiro atoms. The van der Waals surface area contributed by atoms with E-state index in [0.29, 0.717) is 13.2 Å². The third-order valence-corrected chi connectivity index (χ3v) is 10.7. The minimum absolute atomic E-state index is 0.174. The zero-order valence-electron chi connectivity index (χ0n) is 34.7. The molecule has 1 rings (SSSR count). The SMILES string of the molecule is CCCCCCCCCCCCCCCCOC1(OCCCCCCCCCCCCCCCC)C=C(C(C)(C)C)C(O)C(C(C)(C)C)=C1. The largest absolute Gasteiger partial charge is 0.384 e. The first kappa shape index (κ1) is 46.4. The fraction of sp³-hybridized carbons (Fsp3) is 0.913. The standard InChI is InChI=1S/C46H88O3/c1-9-11-13-15-17-19-21-23-25-27-29-31-33-35-37-48-46(39-41(44(3,4)5)43(47)42(40-46)45(6,7)8)49-38-36-34-32-30-28-26-24-22-20-18-16-14-12-10-2/h39-40,43,47H,9-38H2,1-8H3. The van der Waals surface area contributed by atoms with Crippen LogP contribution in [0.3, 0.4) is 0 Å². The highest BCUT2D eigenvalue weighted by atomic mass is 16.7. The fourth-order valence-electron chi connectivity index (χ4n) is 7.32. The van der Waals surface area contributed by atoms with Crippen LogP contribution in [0.15, 0.2) is 23.3 Å². The molecule has 290 valence electrons. The number of unbranched alkanes of at least 4 members (excludes halogenated alkanes) is 26. The maximum Gasteiger partial charge on any atom is 0.208 e. The van der Waals surface area contributed by atoms with E-state index in [0.717, 1.165) is 24.0 Å². The van der Waals surface area contributed by atoms with Gasteiger partial charge < -0.3 is 14.6 Å². The van der Waals surface area contributed by atoms with Gasteiger partial charge in [0.1, 0.15) is 0 Å². The van der Waals surface area contributed by atoms with Crippen molar-refractivity contribution in [3.8, 4) is 0 Å². The molecule has 1 N–H and O–H groups in total. The van der Waals surface area contributed by atoms with Gasteiger partial charge in [-0.2, -0.15) is 0 Å². The molecule has 0 aliphatic heterocycles. The lowest BCUT2D eigenvalue weighted by molar-refractivity contribution is -0.176. The van der Waals surface area contributed by atoms with Crippen LogP contribution in [0, 0.1) is 10.8 Å². The van der Waals surface area contributed by atoms with E-state index in [9.17, 15) is 5.11 Å². The van der Waals surface area contributed by atoms with Crippen molar-refractivity contribution in [2.45, 2.75) is 247 Å². The third-order valence-electron chi connectivity index (χ3n) is 10.7.